The number of ether oxygens (including phenoxy) is 1. The highest BCUT2D eigenvalue weighted by molar-refractivity contribution is 8.00. The number of hydrogen-bond acceptors (Lipinski definition) is 5. The Kier molecular flexibility index (Phi) is 6.04. The maximum absolute atomic E-state index is 12.2. The SMILES string of the molecule is CC1Sc2ccc(C(=O)OCC(=O)Nc3ccc(C(C)C)cc3)cc2NC1=O. The number of carbonyl (C=O) groups is 3. The Balaban J connectivity index is 1.56. The van der Waals surface area contributed by atoms with Gasteiger partial charge in [0.25, 0.3) is 5.91 Å². The van der Waals surface area contributed by atoms with Crippen LogP contribution in [0.4, 0.5) is 11.4 Å². The van der Waals surface area contributed by atoms with Gasteiger partial charge in [-0.3, -0.25) is 9.59 Å². The summed E-state index contributed by atoms with van der Waals surface area (Å²) in [6.07, 6.45) is 0. The Labute approximate surface area is 168 Å². The van der Waals surface area contributed by atoms with Crippen LogP contribution >= 0.6 is 11.8 Å². The fourth-order valence-corrected chi connectivity index (χ4v) is 3.63. The second kappa shape index (κ2) is 8.48. The largest absolute Gasteiger partial charge is 0.452 e. The van der Waals surface area contributed by atoms with Gasteiger partial charge < -0.3 is 15.4 Å². The summed E-state index contributed by atoms with van der Waals surface area (Å²) in [7, 11) is 0. The molecule has 1 aliphatic heterocycles. The quantitative estimate of drug-likeness (QED) is 0.743. The van der Waals surface area contributed by atoms with Crippen molar-refractivity contribution in [3.8, 4) is 0 Å². The molecule has 2 amide bonds. The van der Waals surface area contributed by atoms with E-state index in [2.05, 4.69) is 24.5 Å². The van der Waals surface area contributed by atoms with Crippen LogP contribution in [0, 0.1) is 0 Å². The second-order valence-electron chi connectivity index (χ2n) is 6.86. The minimum absolute atomic E-state index is 0.106. The van der Waals surface area contributed by atoms with Gasteiger partial charge in [0.1, 0.15) is 0 Å². The van der Waals surface area contributed by atoms with Gasteiger partial charge in [-0.2, -0.15) is 0 Å². The van der Waals surface area contributed by atoms with Crippen LogP contribution in [0.25, 0.3) is 0 Å². The molecular formula is C21H22N2O4S. The number of rotatable bonds is 5. The molecule has 7 heteroatoms. The minimum atomic E-state index is -0.619. The molecule has 1 heterocycles. The first-order valence-electron chi connectivity index (χ1n) is 9.02. The van der Waals surface area contributed by atoms with Crippen molar-refractivity contribution in [1.29, 1.82) is 0 Å². The highest BCUT2D eigenvalue weighted by Crippen LogP contribution is 2.36. The lowest BCUT2D eigenvalue weighted by atomic mass is 10.0. The monoisotopic (exact) mass is 398 g/mol. The van der Waals surface area contributed by atoms with Gasteiger partial charge in [-0.15, -0.1) is 11.8 Å². The van der Waals surface area contributed by atoms with E-state index in [0.717, 1.165) is 4.90 Å². The van der Waals surface area contributed by atoms with Crippen LogP contribution in [-0.2, 0) is 14.3 Å². The van der Waals surface area contributed by atoms with E-state index >= 15 is 0 Å². The van der Waals surface area contributed by atoms with Crippen LogP contribution in [0.3, 0.4) is 0 Å². The molecule has 2 aromatic carbocycles. The van der Waals surface area contributed by atoms with E-state index in [1.807, 2.05) is 31.2 Å². The molecule has 1 unspecified atom stereocenters. The summed E-state index contributed by atoms with van der Waals surface area (Å²) in [4.78, 5) is 36.9. The van der Waals surface area contributed by atoms with Gasteiger partial charge in [-0.1, -0.05) is 26.0 Å². The zero-order chi connectivity index (χ0) is 20.3. The van der Waals surface area contributed by atoms with Crippen LogP contribution in [0.2, 0.25) is 0 Å². The maximum atomic E-state index is 12.2. The Morgan fingerprint density at radius 3 is 2.57 bits per heavy atom. The number of benzene rings is 2. The van der Waals surface area contributed by atoms with Gasteiger partial charge in [0.05, 0.1) is 16.5 Å². The van der Waals surface area contributed by atoms with Crippen LogP contribution < -0.4 is 10.6 Å². The number of anilines is 2. The van der Waals surface area contributed by atoms with E-state index in [4.69, 9.17) is 4.74 Å². The van der Waals surface area contributed by atoms with Crippen molar-refractivity contribution in [2.45, 2.75) is 36.8 Å². The van der Waals surface area contributed by atoms with Crippen molar-refractivity contribution >= 4 is 40.9 Å². The number of carbonyl (C=O) groups excluding carboxylic acids is 3. The second-order valence-corrected chi connectivity index (χ2v) is 8.24. The van der Waals surface area contributed by atoms with Gasteiger partial charge in [-0.25, -0.2) is 4.79 Å². The normalized spacial score (nSPS) is 15.6. The van der Waals surface area contributed by atoms with Gasteiger partial charge >= 0.3 is 5.97 Å². The number of thioether (sulfide) groups is 1. The van der Waals surface area contributed by atoms with Gasteiger partial charge in [0.2, 0.25) is 5.91 Å². The molecule has 28 heavy (non-hydrogen) atoms. The van der Waals surface area contributed by atoms with Crippen molar-refractivity contribution < 1.29 is 19.1 Å². The number of esters is 1. The Bertz CT molecular complexity index is 909. The average Bonchev–Trinajstić information content (AvgIpc) is 2.67. The lowest BCUT2D eigenvalue weighted by molar-refractivity contribution is -0.119. The summed E-state index contributed by atoms with van der Waals surface area (Å²) in [6, 6.07) is 12.5. The van der Waals surface area contributed by atoms with Crippen LogP contribution in [0.1, 0.15) is 42.6 Å². The van der Waals surface area contributed by atoms with E-state index in [-0.39, 0.29) is 23.3 Å². The Morgan fingerprint density at radius 2 is 1.89 bits per heavy atom. The summed E-state index contributed by atoms with van der Waals surface area (Å²) in [5, 5.41) is 5.29. The molecule has 6 nitrogen and oxygen atoms in total. The average molecular weight is 398 g/mol. The predicted octanol–water partition coefficient (Wildman–Crippen LogP) is 4.04. The fourth-order valence-electron chi connectivity index (χ4n) is 2.70. The van der Waals surface area contributed by atoms with Gasteiger partial charge in [0, 0.05) is 10.6 Å². The Morgan fingerprint density at radius 1 is 1.18 bits per heavy atom. The number of fused-ring (bicyclic) bond motifs is 1. The fraction of sp³-hybridized carbons (Fsp3) is 0.286. The standard InChI is InChI=1S/C21H22N2O4S/c1-12(2)14-4-7-16(8-5-14)22-19(24)11-27-21(26)15-6-9-18-17(10-15)23-20(25)13(3)28-18/h4-10,12-13H,11H2,1-3H3,(H,22,24)(H,23,25). The summed E-state index contributed by atoms with van der Waals surface area (Å²) in [5.74, 6) is -0.730. The molecule has 0 saturated carbocycles. The number of amides is 2. The zero-order valence-corrected chi connectivity index (χ0v) is 16.8. The molecule has 2 aromatic rings. The molecule has 0 saturated heterocycles. The first-order chi connectivity index (χ1) is 13.3. The molecule has 2 N–H and O–H groups in total. The third kappa shape index (κ3) is 4.72. The molecule has 0 bridgehead atoms. The lowest BCUT2D eigenvalue weighted by Crippen LogP contribution is -2.26. The third-order valence-electron chi connectivity index (χ3n) is 4.34. The topological polar surface area (TPSA) is 84.5 Å². The molecule has 1 aliphatic rings. The summed E-state index contributed by atoms with van der Waals surface area (Å²) < 4.78 is 5.09. The van der Waals surface area contributed by atoms with E-state index < -0.39 is 11.9 Å². The summed E-state index contributed by atoms with van der Waals surface area (Å²) in [5.41, 5.74) is 2.69. The van der Waals surface area contributed by atoms with E-state index in [1.54, 1.807) is 18.2 Å². The zero-order valence-electron chi connectivity index (χ0n) is 15.9. The number of hydrogen-bond donors (Lipinski definition) is 2. The van der Waals surface area contributed by atoms with Crippen LogP contribution in [0.15, 0.2) is 47.4 Å². The van der Waals surface area contributed by atoms with E-state index in [9.17, 15) is 14.4 Å². The van der Waals surface area contributed by atoms with Crippen molar-refractivity contribution in [2.75, 3.05) is 17.2 Å². The summed E-state index contributed by atoms with van der Waals surface area (Å²) in [6.45, 7) is 5.62. The van der Waals surface area contributed by atoms with Crippen LogP contribution in [0.5, 0.6) is 0 Å². The number of nitrogens with one attached hydrogen (secondary N) is 2. The predicted molar refractivity (Wildman–Crippen MR) is 110 cm³/mol. The first kappa shape index (κ1) is 19.9. The molecular weight excluding hydrogens is 376 g/mol. The van der Waals surface area contributed by atoms with Crippen LogP contribution in [-0.4, -0.2) is 29.6 Å². The van der Waals surface area contributed by atoms with Crippen molar-refractivity contribution in [3.63, 3.8) is 0 Å². The first-order valence-corrected chi connectivity index (χ1v) is 9.90. The van der Waals surface area contributed by atoms with Crippen molar-refractivity contribution in [2.24, 2.45) is 0 Å². The highest BCUT2D eigenvalue weighted by atomic mass is 32.2. The van der Waals surface area contributed by atoms with E-state index in [0.29, 0.717) is 17.3 Å². The van der Waals surface area contributed by atoms with Gasteiger partial charge in [-0.05, 0) is 48.7 Å². The molecule has 0 fully saturated rings. The molecule has 146 valence electrons. The molecule has 1 atom stereocenters. The third-order valence-corrected chi connectivity index (χ3v) is 5.52. The molecule has 0 aromatic heterocycles. The molecule has 0 aliphatic carbocycles. The highest BCUT2D eigenvalue weighted by Gasteiger charge is 2.24. The van der Waals surface area contributed by atoms with Crippen molar-refractivity contribution in [1.82, 2.24) is 0 Å². The maximum Gasteiger partial charge on any atom is 0.338 e. The lowest BCUT2D eigenvalue weighted by Gasteiger charge is -2.21. The summed E-state index contributed by atoms with van der Waals surface area (Å²) >= 11 is 1.43. The van der Waals surface area contributed by atoms with E-state index in [1.165, 1.54) is 17.3 Å². The minimum Gasteiger partial charge on any atom is -0.452 e. The molecule has 0 spiro atoms. The molecule has 3 rings (SSSR count). The smallest absolute Gasteiger partial charge is 0.338 e. The molecule has 0 radical (unpaired) electrons. The Hall–Kier alpha value is -2.80. The van der Waals surface area contributed by atoms with Crippen molar-refractivity contribution in [3.05, 3.63) is 53.6 Å². The van der Waals surface area contributed by atoms with Gasteiger partial charge in [0.15, 0.2) is 6.61 Å².